The zero-order valence-electron chi connectivity index (χ0n) is 22.1. The summed E-state index contributed by atoms with van der Waals surface area (Å²) in [4.78, 5) is 63.7. The minimum atomic E-state index is -2.07. The predicted molar refractivity (Wildman–Crippen MR) is 148 cm³/mol. The predicted octanol–water partition coefficient (Wildman–Crippen LogP) is 2.99. The third kappa shape index (κ3) is 4.08. The van der Waals surface area contributed by atoms with Gasteiger partial charge >= 0.3 is 5.97 Å². The van der Waals surface area contributed by atoms with Crippen molar-refractivity contribution in [3.8, 4) is 17.2 Å². The molecule has 1 aromatic carbocycles. The summed E-state index contributed by atoms with van der Waals surface area (Å²) in [6.07, 6.45) is 1.62. The number of phenols is 1. The van der Waals surface area contributed by atoms with E-state index in [1.54, 1.807) is 6.08 Å². The Morgan fingerprint density at radius 3 is 2.24 bits per heavy atom. The second-order valence-corrected chi connectivity index (χ2v) is 12.3. The van der Waals surface area contributed by atoms with Crippen LogP contribution >= 0.6 is 39.1 Å². The van der Waals surface area contributed by atoms with E-state index in [1.165, 1.54) is 26.4 Å². The maximum Gasteiger partial charge on any atom is 0.303 e. The Kier molecular flexibility index (Phi) is 7.57. The second-order valence-electron chi connectivity index (χ2n) is 10.6. The number of phenolic OH excluding ortho intramolecular Hbond substituents is 1. The molecule has 2 saturated heterocycles. The largest absolute Gasteiger partial charge is 0.508 e. The first-order valence-electron chi connectivity index (χ1n) is 12.9. The lowest BCUT2D eigenvalue weighted by Gasteiger charge is -2.51. The van der Waals surface area contributed by atoms with Gasteiger partial charge in [-0.15, -0.1) is 23.2 Å². The molecule has 4 amide bonds. The van der Waals surface area contributed by atoms with Crippen LogP contribution in [0.25, 0.3) is 0 Å². The number of halogens is 3. The quantitative estimate of drug-likeness (QED) is 0.184. The molecule has 6 unspecified atom stereocenters. The van der Waals surface area contributed by atoms with Gasteiger partial charge in [0.2, 0.25) is 11.8 Å². The molecule has 0 aromatic heterocycles. The van der Waals surface area contributed by atoms with E-state index in [0.29, 0.717) is 5.57 Å². The Morgan fingerprint density at radius 1 is 1.05 bits per heavy atom. The van der Waals surface area contributed by atoms with Gasteiger partial charge in [-0.05, 0) is 25.2 Å². The van der Waals surface area contributed by atoms with Gasteiger partial charge < -0.3 is 19.7 Å². The number of imide groups is 2. The van der Waals surface area contributed by atoms with E-state index in [1.807, 2.05) is 0 Å². The molecule has 0 spiro atoms. The summed E-state index contributed by atoms with van der Waals surface area (Å²) in [6, 6.07) is 2.64. The van der Waals surface area contributed by atoms with Crippen LogP contribution in [-0.4, -0.2) is 85.6 Å². The lowest BCUT2D eigenvalue weighted by atomic mass is 9.56. The highest BCUT2D eigenvalue weighted by Gasteiger charge is 2.76. The first kappa shape index (κ1) is 29.7. The number of benzene rings is 1. The fourth-order valence-electron chi connectivity index (χ4n) is 6.95. The van der Waals surface area contributed by atoms with Crippen LogP contribution in [0.5, 0.6) is 17.2 Å². The molecule has 0 radical (unpaired) electrons. The summed E-state index contributed by atoms with van der Waals surface area (Å²) in [5.74, 6) is -6.92. The Balaban J connectivity index is 1.70. The van der Waals surface area contributed by atoms with Gasteiger partial charge in [-0.1, -0.05) is 27.6 Å². The molecule has 2 heterocycles. The van der Waals surface area contributed by atoms with Crippen molar-refractivity contribution >= 4 is 68.7 Å². The monoisotopic (exact) mass is 672 g/mol. The Bertz CT molecular complexity index is 1380. The van der Waals surface area contributed by atoms with Crippen LogP contribution in [-0.2, 0) is 24.0 Å². The van der Waals surface area contributed by atoms with Crippen molar-refractivity contribution < 1.29 is 43.7 Å². The Morgan fingerprint density at radius 2 is 1.68 bits per heavy atom. The van der Waals surface area contributed by atoms with E-state index in [4.69, 9.17) is 37.8 Å². The third-order valence-corrected chi connectivity index (χ3v) is 10.6. The smallest absolute Gasteiger partial charge is 0.303 e. The number of carboxylic acid groups (broad SMARTS) is 1. The molecular weight excluding hydrogens is 647 g/mol. The number of hydrogen-bond acceptors (Lipinski definition) is 8. The van der Waals surface area contributed by atoms with Crippen molar-refractivity contribution in [2.24, 2.45) is 17.8 Å². The number of allylic oxidation sites excluding steroid dienone is 2. The molecule has 41 heavy (non-hydrogen) atoms. The molecule has 11 nitrogen and oxygen atoms in total. The van der Waals surface area contributed by atoms with Crippen molar-refractivity contribution in [3.05, 3.63) is 29.3 Å². The van der Waals surface area contributed by atoms with Gasteiger partial charge in [-0.3, -0.25) is 33.8 Å². The number of aliphatic carboxylic acids is 1. The molecule has 1 aromatic rings. The number of alkyl halides is 3. The van der Waals surface area contributed by atoms with Gasteiger partial charge in [0.15, 0.2) is 9.75 Å². The molecule has 1 saturated carbocycles. The molecule has 14 heteroatoms. The first-order valence-corrected chi connectivity index (χ1v) is 14.8. The number of hydrogen-bond donors (Lipinski definition) is 2. The number of methoxy groups -OCH3 is 2. The van der Waals surface area contributed by atoms with E-state index < -0.39 is 63.0 Å². The summed E-state index contributed by atoms with van der Waals surface area (Å²) in [7, 11) is 2.72. The number of fused-ring (bicyclic) bond motifs is 4. The molecule has 4 aliphatic rings. The average molecular weight is 674 g/mol. The molecule has 220 valence electrons. The number of rotatable bonds is 8. The number of ether oxygens (including phenoxy) is 2. The van der Waals surface area contributed by atoms with Gasteiger partial charge in [0, 0.05) is 36.6 Å². The first-order chi connectivity index (χ1) is 19.4. The van der Waals surface area contributed by atoms with Crippen molar-refractivity contribution in [2.75, 3.05) is 26.2 Å². The summed E-state index contributed by atoms with van der Waals surface area (Å²) in [6.45, 7) is -0.0533. The standard InChI is InChI=1S/C27H27BrCl2N2O9/c1-40-16-8-12(33)9-17(41-2)20(16)21-13-5-6-14-19(23(37)31(22(14)36)7-3-4-18(34)35)15(13)10-26(29)24(38)32(11-28)25(39)27(21,26)30/h5,8-9,14-15,19,21,33H,3-4,6-7,10-11H2,1-2H3,(H,34,35). The fraction of sp³-hybridized carbons (Fsp3) is 0.519. The van der Waals surface area contributed by atoms with E-state index >= 15 is 0 Å². The average Bonchev–Trinajstić information content (AvgIpc) is 3.26. The van der Waals surface area contributed by atoms with Gasteiger partial charge in [-0.2, -0.15) is 0 Å². The van der Waals surface area contributed by atoms with Crippen LogP contribution in [0, 0.1) is 17.8 Å². The Hall–Kier alpha value is -2.83. The van der Waals surface area contributed by atoms with E-state index in [0.717, 1.165) is 9.80 Å². The number of nitrogens with zero attached hydrogens (tertiary/aromatic N) is 2. The molecule has 0 bridgehead atoms. The maximum atomic E-state index is 13.9. The number of carbonyl (C=O) groups excluding carboxylic acids is 4. The normalized spacial score (nSPS) is 32.5. The van der Waals surface area contributed by atoms with Crippen LogP contribution < -0.4 is 9.47 Å². The van der Waals surface area contributed by atoms with Crippen molar-refractivity contribution in [1.29, 1.82) is 0 Å². The van der Waals surface area contributed by atoms with Gasteiger partial charge in [0.25, 0.3) is 11.8 Å². The topological polar surface area (TPSA) is 151 Å². The number of aromatic hydroxyl groups is 1. The van der Waals surface area contributed by atoms with Gasteiger partial charge in [0.05, 0.1) is 31.5 Å². The van der Waals surface area contributed by atoms with E-state index in [9.17, 15) is 29.1 Å². The highest BCUT2D eigenvalue weighted by Crippen LogP contribution is 2.67. The SMILES string of the molecule is COc1cc(O)cc(OC)c1C1C2=CCC3C(=O)N(CCCC(=O)O)C(=O)C3C2CC2(Cl)C(=O)N(CBr)C(=O)C12Cl. The number of carbonyl (C=O) groups is 5. The number of amides is 4. The van der Waals surface area contributed by atoms with Crippen molar-refractivity contribution in [2.45, 2.75) is 41.3 Å². The zero-order chi connectivity index (χ0) is 30.0. The summed E-state index contributed by atoms with van der Waals surface area (Å²) in [5.41, 5.74) is 0.621. The summed E-state index contributed by atoms with van der Waals surface area (Å²) >= 11 is 17.6. The molecule has 5 rings (SSSR count). The lowest BCUT2D eigenvalue weighted by Crippen LogP contribution is -2.60. The molecule has 2 aliphatic carbocycles. The van der Waals surface area contributed by atoms with Crippen molar-refractivity contribution in [3.63, 3.8) is 0 Å². The second kappa shape index (κ2) is 10.5. The van der Waals surface area contributed by atoms with Crippen LogP contribution in [0.1, 0.15) is 37.2 Å². The minimum Gasteiger partial charge on any atom is -0.508 e. The minimum absolute atomic E-state index is 0.0533. The molecule has 3 fully saturated rings. The van der Waals surface area contributed by atoms with Crippen LogP contribution in [0.4, 0.5) is 0 Å². The van der Waals surface area contributed by atoms with Crippen LogP contribution in [0.3, 0.4) is 0 Å². The number of likely N-dealkylation sites (tertiary alicyclic amines) is 2. The van der Waals surface area contributed by atoms with Gasteiger partial charge in [-0.25, -0.2) is 0 Å². The van der Waals surface area contributed by atoms with Crippen LogP contribution in [0.2, 0.25) is 0 Å². The fourth-order valence-corrected chi connectivity index (χ4v) is 8.36. The van der Waals surface area contributed by atoms with E-state index in [2.05, 4.69) is 15.9 Å². The third-order valence-electron chi connectivity index (χ3n) is 8.70. The molecule has 6 atom stereocenters. The molecular formula is C27H27BrCl2N2O9. The van der Waals surface area contributed by atoms with Crippen LogP contribution in [0.15, 0.2) is 23.8 Å². The Labute approximate surface area is 253 Å². The summed E-state index contributed by atoms with van der Waals surface area (Å²) in [5, 5.41) is 19.3. The summed E-state index contributed by atoms with van der Waals surface area (Å²) < 4.78 is 11.2. The number of carboxylic acids is 1. The molecule has 2 N–H and O–H groups in total. The van der Waals surface area contributed by atoms with E-state index in [-0.39, 0.29) is 60.5 Å². The lowest BCUT2D eigenvalue weighted by molar-refractivity contribution is -0.142. The zero-order valence-corrected chi connectivity index (χ0v) is 25.2. The highest BCUT2D eigenvalue weighted by molar-refractivity contribution is 9.09. The molecule has 2 aliphatic heterocycles. The maximum absolute atomic E-state index is 13.9. The highest BCUT2D eigenvalue weighted by atomic mass is 79.9. The van der Waals surface area contributed by atoms with Crippen molar-refractivity contribution in [1.82, 2.24) is 9.80 Å². The van der Waals surface area contributed by atoms with Gasteiger partial charge in [0.1, 0.15) is 17.2 Å².